The van der Waals surface area contributed by atoms with E-state index in [0.717, 1.165) is 0 Å². The van der Waals surface area contributed by atoms with E-state index in [0.29, 0.717) is 5.92 Å². The summed E-state index contributed by atoms with van der Waals surface area (Å²) < 4.78 is 0. The van der Waals surface area contributed by atoms with Gasteiger partial charge >= 0.3 is 0 Å². The number of unbranched alkanes of at least 4 members (excludes halogenated alkanes) is 1. The molecule has 0 saturated heterocycles. The summed E-state index contributed by atoms with van der Waals surface area (Å²) in [6.07, 6.45) is 11.6. The smallest absolute Gasteiger partial charge is 0.0135 e. The van der Waals surface area contributed by atoms with Crippen LogP contribution in [0.15, 0.2) is 24.6 Å². The molecule has 0 bridgehead atoms. The minimum absolute atomic E-state index is 0.282. The van der Waals surface area contributed by atoms with Crippen LogP contribution in [-0.2, 0) is 0 Å². The van der Waals surface area contributed by atoms with Crippen molar-refractivity contribution in [2.45, 2.75) is 78.6 Å². The van der Waals surface area contributed by atoms with E-state index in [4.69, 9.17) is 0 Å². The first-order valence-corrected chi connectivity index (χ1v) is 8.18. The minimum Gasteiger partial charge on any atom is -0.363 e. The molecule has 0 amide bonds. The topological polar surface area (TPSA) is 12.0 Å². The number of rotatable bonds is 8. The maximum absolute atomic E-state index is 4.32. The third-order valence-corrected chi connectivity index (χ3v) is 4.89. The molecule has 110 valence electrons. The summed E-state index contributed by atoms with van der Waals surface area (Å²) in [7, 11) is 0. The Kier molecular flexibility index (Phi) is 6.68. The van der Waals surface area contributed by atoms with Crippen molar-refractivity contribution >= 4 is 0 Å². The second kappa shape index (κ2) is 7.77. The van der Waals surface area contributed by atoms with E-state index < -0.39 is 0 Å². The third-order valence-electron chi connectivity index (χ3n) is 4.89. The molecule has 1 N–H and O–H groups in total. The highest BCUT2D eigenvalue weighted by atomic mass is 14.9. The van der Waals surface area contributed by atoms with Gasteiger partial charge in [-0.2, -0.15) is 0 Å². The Bertz CT molecular complexity index is 297. The largest absolute Gasteiger partial charge is 0.363 e. The molecule has 0 radical (unpaired) electrons. The highest BCUT2D eigenvalue weighted by Gasteiger charge is 2.30. The van der Waals surface area contributed by atoms with Gasteiger partial charge in [0, 0.05) is 16.8 Å². The van der Waals surface area contributed by atoms with Crippen LogP contribution in [-0.4, -0.2) is 0 Å². The normalized spacial score (nSPS) is 19.7. The molecule has 1 saturated carbocycles. The molecule has 1 rings (SSSR count). The molecular formula is C18H33N. The zero-order valence-electron chi connectivity index (χ0n) is 13.4. The summed E-state index contributed by atoms with van der Waals surface area (Å²) in [4.78, 5) is 0. The van der Waals surface area contributed by atoms with E-state index in [1.165, 1.54) is 69.2 Å². The molecule has 0 spiro atoms. The Morgan fingerprint density at radius 1 is 1.16 bits per heavy atom. The lowest BCUT2D eigenvalue weighted by Gasteiger charge is -2.37. The molecule has 1 fully saturated rings. The molecule has 0 aliphatic heterocycles. The van der Waals surface area contributed by atoms with Crippen molar-refractivity contribution in [1.82, 2.24) is 5.32 Å². The van der Waals surface area contributed by atoms with Gasteiger partial charge in [-0.1, -0.05) is 66.0 Å². The highest BCUT2D eigenvalue weighted by molar-refractivity contribution is 5.15. The average Bonchev–Trinajstić information content (AvgIpc) is 2.40. The monoisotopic (exact) mass is 263 g/mol. The highest BCUT2D eigenvalue weighted by Crippen LogP contribution is 2.40. The molecule has 19 heavy (non-hydrogen) atoms. The van der Waals surface area contributed by atoms with Gasteiger partial charge in [0.2, 0.25) is 0 Å². The molecule has 1 aliphatic carbocycles. The van der Waals surface area contributed by atoms with Crippen LogP contribution in [0.1, 0.15) is 78.6 Å². The molecule has 0 heterocycles. The van der Waals surface area contributed by atoms with Crippen LogP contribution in [0.3, 0.4) is 0 Å². The van der Waals surface area contributed by atoms with Crippen molar-refractivity contribution in [2.24, 2.45) is 11.3 Å². The van der Waals surface area contributed by atoms with E-state index >= 15 is 0 Å². The number of hydrogen-bond acceptors (Lipinski definition) is 1. The van der Waals surface area contributed by atoms with E-state index in [-0.39, 0.29) is 5.41 Å². The molecule has 1 atom stereocenters. The molecule has 1 unspecified atom stereocenters. The minimum atomic E-state index is 0.282. The van der Waals surface area contributed by atoms with E-state index in [2.05, 4.69) is 39.2 Å². The van der Waals surface area contributed by atoms with Crippen LogP contribution < -0.4 is 5.32 Å². The SMILES string of the molecule is C=C(NC(=C)C1(C)CCCCC1)C(CC)CCCC. The van der Waals surface area contributed by atoms with Gasteiger partial charge in [0.15, 0.2) is 0 Å². The van der Waals surface area contributed by atoms with Gasteiger partial charge in [0.1, 0.15) is 0 Å². The average molecular weight is 263 g/mol. The fourth-order valence-electron chi connectivity index (χ4n) is 3.16. The van der Waals surface area contributed by atoms with Crippen LogP contribution >= 0.6 is 0 Å². The van der Waals surface area contributed by atoms with Crippen molar-refractivity contribution in [3.8, 4) is 0 Å². The van der Waals surface area contributed by atoms with Crippen LogP contribution in [0.4, 0.5) is 0 Å². The molecule has 1 heteroatoms. The summed E-state index contributed by atoms with van der Waals surface area (Å²) in [6, 6.07) is 0. The summed E-state index contributed by atoms with van der Waals surface area (Å²) in [5.74, 6) is 0.601. The van der Waals surface area contributed by atoms with Crippen molar-refractivity contribution in [1.29, 1.82) is 0 Å². The first-order valence-electron chi connectivity index (χ1n) is 8.18. The van der Waals surface area contributed by atoms with Crippen LogP contribution in [0.25, 0.3) is 0 Å². The van der Waals surface area contributed by atoms with Crippen molar-refractivity contribution in [2.75, 3.05) is 0 Å². The maximum atomic E-state index is 4.32. The summed E-state index contributed by atoms with van der Waals surface area (Å²) >= 11 is 0. The Labute approximate surface area is 120 Å². The molecule has 1 aliphatic rings. The molecule has 0 aromatic heterocycles. The van der Waals surface area contributed by atoms with Gasteiger partial charge in [-0.25, -0.2) is 0 Å². The third kappa shape index (κ3) is 4.71. The lowest BCUT2D eigenvalue weighted by atomic mass is 9.73. The maximum Gasteiger partial charge on any atom is 0.0135 e. The quantitative estimate of drug-likeness (QED) is 0.584. The standard InChI is InChI=1S/C18H33N/c1-6-8-12-17(7-2)15(3)19-16(4)18(5)13-10-9-11-14-18/h17,19H,3-4,6-14H2,1-2,5H3. The van der Waals surface area contributed by atoms with Gasteiger partial charge < -0.3 is 5.32 Å². The second-order valence-electron chi connectivity index (χ2n) is 6.50. The zero-order chi connectivity index (χ0) is 14.3. The molecule has 0 aromatic carbocycles. The van der Waals surface area contributed by atoms with E-state index in [1.54, 1.807) is 0 Å². The summed E-state index contributed by atoms with van der Waals surface area (Å²) in [5, 5.41) is 3.56. The Balaban J connectivity index is 2.52. The lowest BCUT2D eigenvalue weighted by Crippen LogP contribution is -2.31. The lowest BCUT2D eigenvalue weighted by molar-refractivity contribution is 0.255. The Morgan fingerprint density at radius 2 is 1.79 bits per heavy atom. The van der Waals surface area contributed by atoms with Crippen LogP contribution in [0.2, 0.25) is 0 Å². The first kappa shape index (κ1) is 16.3. The summed E-state index contributed by atoms with van der Waals surface area (Å²) in [5.41, 5.74) is 2.67. The predicted octanol–water partition coefficient (Wildman–Crippen LogP) is 5.79. The van der Waals surface area contributed by atoms with Crippen molar-refractivity contribution in [3.05, 3.63) is 24.6 Å². The molecule has 1 nitrogen and oxygen atoms in total. The Morgan fingerprint density at radius 3 is 2.32 bits per heavy atom. The summed E-state index contributed by atoms with van der Waals surface area (Å²) in [6.45, 7) is 15.5. The predicted molar refractivity (Wildman–Crippen MR) is 85.9 cm³/mol. The van der Waals surface area contributed by atoms with Crippen molar-refractivity contribution in [3.63, 3.8) is 0 Å². The number of hydrogen-bond donors (Lipinski definition) is 1. The van der Waals surface area contributed by atoms with E-state index in [1.807, 2.05) is 0 Å². The zero-order valence-corrected chi connectivity index (χ0v) is 13.4. The van der Waals surface area contributed by atoms with Gasteiger partial charge in [0.25, 0.3) is 0 Å². The fraction of sp³-hybridized carbons (Fsp3) is 0.778. The fourth-order valence-corrected chi connectivity index (χ4v) is 3.16. The van der Waals surface area contributed by atoms with Crippen LogP contribution in [0.5, 0.6) is 0 Å². The Hall–Kier alpha value is -0.720. The number of nitrogens with one attached hydrogen (secondary N) is 1. The van der Waals surface area contributed by atoms with E-state index in [9.17, 15) is 0 Å². The van der Waals surface area contributed by atoms with Gasteiger partial charge in [-0.15, -0.1) is 0 Å². The van der Waals surface area contributed by atoms with Gasteiger partial charge in [0.05, 0.1) is 0 Å². The molecular weight excluding hydrogens is 230 g/mol. The number of allylic oxidation sites excluding steroid dienone is 2. The molecule has 0 aromatic rings. The van der Waals surface area contributed by atoms with Crippen molar-refractivity contribution < 1.29 is 0 Å². The van der Waals surface area contributed by atoms with Crippen LogP contribution in [0, 0.1) is 11.3 Å². The van der Waals surface area contributed by atoms with Gasteiger partial charge in [-0.05, 0) is 31.6 Å². The second-order valence-corrected chi connectivity index (χ2v) is 6.50. The van der Waals surface area contributed by atoms with Gasteiger partial charge in [-0.3, -0.25) is 0 Å². The first-order chi connectivity index (χ1) is 9.03.